The van der Waals surface area contributed by atoms with Crippen molar-refractivity contribution >= 4 is 33.8 Å². The predicted octanol–water partition coefficient (Wildman–Crippen LogP) is 6.28. The van der Waals surface area contributed by atoms with E-state index in [0.717, 1.165) is 39.7 Å². The molecule has 0 unspecified atom stereocenters. The second-order valence-electron chi connectivity index (χ2n) is 6.83. The molecule has 0 spiro atoms. The summed E-state index contributed by atoms with van der Waals surface area (Å²) in [5, 5.41) is 10.8. The number of aromatic nitrogens is 1. The molecule has 0 bridgehead atoms. The number of nitrogens with one attached hydrogen (secondary N) is 3. The first-order chi connectivity index (χ1) is 14.9. The monoisotopic (exact) mass is 439 g/mol. The van der Waals surface area contributed by atoms with Crippen LogP contribution in [0.2, 0.25) is 0 Å². The Morgan fingerprint density at radius 2 is 2.03 bits per heavy atom. The zero-order valence-electron chi connectivity index (χ0n) is 17.9. The zero-order valence-corrected chi connectivity index (χ0v) is 18.7. The fraction of sp³-hybridized carbons (Fsp3) is 0.273. The second kappa shape index (κ2) is 10.0. The van der Waals surface area contributed by atoms with Crippen molar-refractivity contribution in [3.8, 4) is 16.3 Å². The molecule has 1 amide bonds. The van der Waals surface area contributed by atoms with Crippen molar-refractivity contribution in [2.75, 3.05) is 24.3 Å². The third-order valence-corrected chi connectivity index (χ3v) is 5.63. The van der Waals surface area contributed by atoms with Gasteiger partial charge in [0.05, 0.1) is 24.1 Å². The van der Waals surface area contributed by atoms with Crippen molar-refractivity contribution < 1.29 is 14.3 Å². The minimum atomic E-state index is -0.575. The van der Waals surface area contributed by atoms with E-state index < -0.39 is 6.09 Å². The normalized spacial score (nSPS) is 10.5. The first kappa shape index (κ1) is 22.2. The number of anilines is 2. The van der Waals surface area contributed by atoms with Crippen LogP contribution in [0.25, 0.3) is 10.6 Å². The summed E-state index contributed by atoms with van der Waals surface area (Å²) >= 11 is 1.36. The number of ether oxygens (including phenoxy) is 2. The third-order valence-electron chi connectivity index (χ3n) is 4.52. The molecule has 0 radical (unpaired) electrons. The topological polar surface area (TPSA) is 109 Å². The first-order valence-corrected chi connectivity index (χ1v) is 10.6. The minimum Gasteiger partial charge on any atom is -0.496 e. The maximum Gasteiger partial charge on any atom is 0.412 e. The molecule has 0 atom stereocenters. The molecule has 3 N–H and O–H groups in total. The summed E-state index contributed by atoms with van der Waals surface area (Å²) in [4.78, 5) is 16.9. The van der Waals surface area contributed by atoms with Crippen LogP contribution in [0, 0.1) is 19.4 Å². The predicted molar refractivity (Wildman–Crippen MR) is 123 cm³/mol. The average molecular weight is 440 g/mol. The lowest BCUT2D eigenvalue weighted by atomic mass is 10.1. The standard InChI is InChI=1S/C22H25N5O3S/c1-5-24-17-9-7-15(11-18(17)27-23)12-30-22(28)26-20-14(3)25-21(31-20)16-8-6-13(2)10-19(16)29-4/h6-11,23-24H,5,12H2,1-4H3,(H,26,28). The van der Waals surface area contributed by atoms with Crippen LogP contribution in [0.3, 0.4) is 0 Å². The van der Waals surface area contributed by atoms with Gasteiger partial charge in [-0.3, -0.25) is 5.32 Å². The van der Waals surface area contributed by atoms with Crippen molar-refractivity contribution in [1.82, 2.24) is 4.98 Å². The molecule has 0 aliphatic heterocycles. The zero-order chi connectivity index (χ0) is 22.4. The van der Waals surface area contributed by atoms with Crippen LogP contribution in [0.5, 0.6) is 5.75 Å². The minimum absolute atomic E-state index is 0.0667. The van der Waals surface area contributed by atoms with E-state index in [0.29, 0.717) is 16.4 Å². The molecule has 162 valence electrons. The molecule has 0 aliphatic carbocycles. The van der Waals surface area contributed by atoms with E-state index >= 15 is 0 Å². The first-order valence-electron chi connectivity index (χ1n) is 9.75. The number of carbonyl (C=O) groups is 1. The number of rotatable bonds is 8. The summed E-state index contributed by atoms with van der Waals surface area (Å²) in [7, 11) is 1.62. The van der Waals surface area contributed by atoms with Crippen molar-refractivity contribution in [3.63, 3.8) is 0 Å². The van der Waals surface area contributed by atoms with Gasteiger partial charge in [-0.25, -0.2) is 15.3 Å². The van der Waals surface area contributed by atoms with Crippen LogP contribution >= 0.6 is 11.3 Å². The Morgan fingerprint density at radius 3 is 2.74 bits per heavy atom. The van der Waals surface area contributed by atoms with Crippen LogP contribution in [-0.2, 0) is 11.3 Å². The van der Waals surface area contributed by atoms with Crippen LogP contribution in [0.4, 0.5) is 21.2 Å². The molecule has 8 nitrogen and oxygen atoms in total. The van der Waals surface area contributed by atoms with Crippen LogP contribution in [-0.4, -0.2) is 24.7 Å². The largest absolute Gasteiger partial charge is 0.496 e. The molecular weight excluding hydrogens is 414 g/mol. The number of thiazole rings is 1. The maximum absolute atomic E-state index is 12.3. The lowest BCUT2D eigenvalue weighted by Crippen LogP contribution is -2.13. The van der Waals surface area contributed by atoms with E-state index in [1.165, 1.54) is 11.3 Å². The summed E-state index contributed by atoms with van der Waals surface area (Å²) in [5.41, 5.74) is 12.0. The van der Waals surface area contributed by atoms with Crippen LogP contribution in [0.1, 0.15) is 23.7 Å². The highest BCUT2D eigenvalue weighted by molar-refractivity contribution is 7.19. The van der Waals surface area contributed by atoms with Gasteiger partial charge in [-0.2, -0.15) is 5.11 Å². The summed E-state index contributed by atoms with van der Waals surface area (Å²) < 4.78 is 10.8. The van der Waals surface area contributed by atoms with E-state index in [1.807, 2.05) is 51.1 Å². The number of methoxy groups -OCH3 is 1. The second-order valence-corrected chi connectivity index (χ2v) is 7.83. The molecule has 0 aliphatic rings. The van der Waals surface area contributed by atoms with Gasteiger partial charge in [0.1, 0.15) is 28.1 Å². The van der Waals surface area contributed by atoms with Crippen molar-refractivity contribution in [2.24, 2.45) is 5.11 Å². The Labute approximate surface area is 185 Å². The highest BCUT2D eigenvalue weighted by atomic mass is 32.1. The highest BCUT2D eigenvalue weighted by Gasteiger charge is 2.16. The maximum atomic E-state index is 12.3. The molecule has 3 rings (SSSR count). The van der Waals surface area contributed by atoms with Gasteiger partial charge in [0.25, 0.3) is 0 Å². The van der Waals surface area contributed by atoms with Gasteiger partial charge in [-0.15, -0.1) is 0 Å². The smallest absolute Gasteiger partial charge is 0.412 e. The Balaban J connectivity index is 1.67. The van der Waals surface area contributed by atoms with Crippen molar-refractivity contribution in [1.29, 1.82) is 5.53 Å². The van der Waals surface area contributed by atoms with Gasteiger partial charge in [0.15, 0.2) is 0 Å². The fourth-order valence-electron chi connectivity index (χ4n) is 2.98. The lowest BCUT2D eigenvalue weighted by molar-refractivity contribution is 0.155. The number of aryl methyl sites for hydroxylation is 2. The molecule has 3 aromatic rings. The number of hydrogen-bond donors (Lipinski definition) is 3. The molecule has 0 saturated heterocycles. The third kappa shape index (κ3) is 5.37. The van der Waals surface area contributed by atoms with Gasteiger partial charge in [0, 0.05) is 6.54 Å². The molecule has 1 aromatic heterocycles. The number of hydrogen-bond acceptors (Lipinski definition) is 8. The van der Waals surface area contributed by atoms with Crippen molar-refractivity contribution in [2.45, 2.75) is 27.4 Å². The van der Waals surface area contributed by atoms with E-state index in [1.54, 1.807) is 13.2 Å². The number of carbonyl (C=O) groups excluding carboxylic acids is 1. The summed E-state index contributed by atoms with van der Waals surface area (Å²) in [6, 6.07) is 11.3. The molecule has 0 saturated carbocycles. The molecule has 31 heavy (non-hydrogen) atoms. The molecular formula is C22H25N5O3S. The Morgan fingerprint density at radius 1 is 1.23 bits per heavy atom. The SMILES string of the molecule is CCNc1ccc(COC(=O)Nc2sc(-c3ccc(C)cc3OC)nc2C)cc1N=N. The van der Waals surface area contributed by atoms with E-state index in [-0.39, 0.29) is 6.61 Å². The Kier molecular flexibility index (Phi) is 7.19. The quantitative estimate of drug-likeness (QED) is 0.358. The lowest BCUT2D eigenvalue weighted by Gasteiger charge is -2.09. The van der Waals surface area contributed by atoms with Gasteiger partial charge in [-0.05, 0) is 56.2 Å². The van der Waals surface area contributed by atoms with Crippen LogP contribution < -0.4 is 15.4 Å². The van der Waals surface area contributed by atoms with Crippen LogP contribution in [0.15, 0.2) is 41.5 Å². The molecule has 0 fully saturated rings. The molecule has 2 aromatic carbocycles. The van der Waals surface area contributed by atoms with E-state index in [2.05, 4.69) is 20.7 Å². The Bertz CT molecular complexity index is 1100. The number of benzene rings is 2. The van der Waals surface area contributed by atoms with E-state index in [9.17, 15) is 4.79 Å². The average Bonchev–Trinajstić information content (AvgIpc) is 3.12. The summed E-state index contributed by atoms with van der Waals surface area (Å²) in [6.07, 6.45) is -0.575. The Hall–Kier alpha value is -3.46. The van der Waals surface area contributed by atoms with E-state index in [4.69, 9.17) is 15.0 Å². The van der Waals surface area contributed by atoms with Gasteiger partial charge >= 0.3 is 6.09 Å². The fourth-order valence-corrected chi connectivity index (χ4v) is 3.96. The van der Waals surface area contributed by atoms with Gasteiger partial charge < -0.3 is 14.8 Å². The summed E-state index contributed by atoms with van der Waals surface area (Å²) in [5.74, 6) is 0.736. The van der Waals surface area contributed by atoms with Gasteiger partial charge in [-0.1, -0.05) is 23.5 Å². The molecule has 9 heteroatoms. The van der Waals surface area contributed by atoms with Gasteiger partial charge in [0.2, 0.25) is 0 Å². The van der Waals surface area contributed by atoms with Crippen molar-refractivity contribution in [3.05, 3.63) is 53.2 Å². The molecule has 1 heterocycles. The number of amides is 1. The number of nitrogens with zero attached hydrogens (tertiary/aromatic N) is 2. The summed E-state index contributed by atoms with van der Waals surface area (Å²) in [6.45, 7) is 6.59. The highest BCUT2D eigenvalue weighted by Crippen LogP contribution is 2.37.